The van der Waals surface area contributed by atoms with Crippen molar-refractivity contribution in [3.05, 3.63) is 23.0 Å². The largest absolute Gasteiger partial charge is 0.478 e. The van der Waals surface area contributed by atoms with Crippen LogP contribution in [0.3, 0.4) is 0 Å². The lowest BCUT2D eigenvalue weighted by atomic mass is 9.86. The summed E-state index contributed by atoms with van der Waals surface area (Å²) in [5.41, 5.74) is 2.55. The van der Waals surface area contributed by atoms with Gasteiger partial charge in [0.1, 0.15) is 0 Å². The summed E-state index contributed by atoms with van der Waals surface area (Å²) in [4.78, 5) is 11.2. The standard InChI is InChI=1S/C16H27NO2/c1-6-7-8-9-16(4,5)11-17-12(2)10-14(13(17)3)15(18)19/h10H,6-9,11H2,1-5H3,(H,18,19). The van der Waals surface area contributed by atoms with Gasteiger partial charge >= 0.3 is 5.97 Å². The van der Waals surface area contributed by atoms with E-state index >= 15 is 0 Å². The third-order valence-corrected chi connectivity index (χ3v) is 3.85. The van der Waals surface area contributed by atoms with E-state index < -0.39 is 5.97 Å². The molecule has 108 valence electrons. The van der Waals surface area contributed by atoms with Crippen LogP contribution in [0.5, 0.6) is 0 Å². The van der Waals surface area contributed by atoms with Gasteiger partial charge in [0.05, 0.1) is 5.56 Å². The number of carboxylic acid groups (broad SMARTS) is 1. The van der Waals surface area contributed by atoms with Crippen LogP contribution in [0.2, 0.25) is 0 Å². The van der Waals surface area contributed by atoms with Gasteiger partial charge in [-0.05, 0) is 31.7 Å². The molecule has 3 heteroatoms. The van der Waals surface area contributed by atoms with Crippen molar-refractivity contribution in [1.29, 1.82) is 0 Å². The molecule has 0 aromatic carbocycles. The molecule has 19 heavy (non-hydrogen) atoms. The van der Waals surface area contributed by atoms with Gasteiger partial charge in [-0.25, -0.2) is 4.79 Å². The molecule has 0 aliphatic heterocycles. The van der Waals surface area contributed by atoms with Crippen LogP contribution < -0.4 is 0 Å². The van der Waals surface area contributed by atoms with Crippen LogP contribution in [0.4, 0.5) is 0 Å². The van der Waals surface area contributed by atoms with Crippen molar-refractivity contribution in [1.82, 2.24) is 4.57 Å². The summed E-state index contributed by atoms with van der Waals surface area (Å²) in [6.45, 7) is 11.5. The Morgan fingerprint density at radius 2 is 1.95 bits per heavy atom. The summed E-state index contributed by atoms with van der Waals surface area (Å²) >= 11 is 0. The van der Waals surface area contributed by atoms with Crippen LogP contribution in [-0.2, 0) is 6.54 Å². The molecule has 0 aliphatic rings. The van der Waals surface area contributed by atoms with E-state index in [2.05, 4.69) is 25.3 Å². The Bertz CT molecular complexity index is 444. The highest BCUT2D eigenvalue weighted by Gasteiger charge is 2.22. The second-order valence-corrected chi connectivity index (χ2v) is 6.30. The third kappa shape index (κ3) is 4.12. The Morgan fingerprint density at radius 3 is 2.42 bits per heavy atom. The zero-order valence-electron chi connectivity index (χ0n) is 12.9. The molecule has 0 unspecified atom stereocenters. The predicted octanol–water partition coefficient (Wildman–Crippen LogP) is 4.41. The highest BCUT2D eigenvalue weighted by atomic mass is 16.4. The normalized spacial score (nSPS) is 11.8. The molecule has 0 bridgehead atoms. The maximum absolute atomic E-state index is 11.2. The molecule has 1 heterocycles. The topological polar surface area (TPSA) is 42.2 Å². The molecule has 0 atom stereocenters. The zero-order chi connectivity index (χ0) is 14.6. The number of hydrogen-bond donors (Lipinski definition) is 1. The van der Waals surface area contributed by atoms with E-state index in [1.54, 1.807) is 6.07 Å². The van der Waals surface area contributed by atoms with Gasteiger partial charge in [0.25, 0.3) is 0 Å². The number of carbonyl (C=O) groups is 1. The Hall–Kier alpha value is -1.25. The molecule has 0 fully saturated rings. The van der Waals surface area contributed by atoms with E-state index in [9.17, 15) is 4.79 Å². The monoisotopic (exact) mass is 265 g/mol. The summed E-state index contributed by atoms with van der Waals surface area (Å²) < 4.78 is 2.15. The van der Waals surface area contributed by atoms with Gasteiger partial charge in [-0.3, -0.25) is 0 Å². The molecule has 3 nitrogen and oxygen atoms in total. The van der Waals surface area contributed by atoms with E-state index in [1.165, 1.54) is 25.7 Å². The van der Waals surface area contributed by atoms with Crippen LogP contribution in [0, 0.1) is 19.3 Å². The van der Waals surface area contributed by atoms with E-state index in [1.807, 2.05) is 13.8 Å². The van der Waals surface area contributed by atoms with Crippen LogP contribution in [-0.4, -0.2) is 15.6 Å². The van der Waals surface area contributed by atoms with Gasteiger partial charge in [0.2, 0.25) is 0 Å². The fourth-order valence-corrected chi connectivity index (χ4v) is 2.62. The first-order chi connectivity index (χ1) is 8.78. The lowest BCUT2D eigenvalue weighted by molar-refractivity contribution is 0.0695. The molecule has 0 radical (unpaired) electrons. The minimum atomic E-state index is -0.830. The SMILES string of the molecule is CCCCCC(C)(C)Cn1c(C)cc(C(=O)O)c1C. The minimum absolute atomic E-state index is 0.208. The summed E-state index contributed by atoms with van der Waals surface area (Å²) in [6, 6.07) is 1.78. The number of unbranched alkanes of at least 4 members (excludes halogenated alkanes) is 2. The molecule has 0 saturated carbocycles. The number of aryl methyl sites for hydroxylation is 1. The molecule has 1 rings (SSSR count). The second-order valence-electron chi connectivity index (χ2n) is 6.30. The van der Waals surface area contributed by atoms with Crippen molar-refractivity contribution in [2.24, 2.45) is 5.41 Å². The van der Waals surface area contributed by atoms with E-state index in [0.717, 1.165) is 17.9 Å². The molecule has 1 aromatic heterocycles. The van der Waals surface area contributed by atoms with E-state index in [-0.39, 0.29) is 5.41 Å². The second kappa shape index (κ2) is 6.27. The quantitative estimate of drug-likeness (QED) is 0.742. The lowest BCUT2D eigenvalue weighted by Crippen LogP contribution is -2.21. The summed E-state index contributed by atoms with van der Waals surface area (Å²) in [7, 11) is 0. The fourth-order valence-electron chi connectivity index (χ4n) is 2.62. The maximum atomic E-state index is 11.2. The smallest absolute Gasteiger partial charge is 0.337 e. The Labute approximate surface area is 116 Å². The van der Waals surface area contributed by atoms with Gasteiger partial charge in [-0.2, -0.15) is 0 Å². The third-order valence-electron chi connectivity index (χ3n) is 3.85. The molecule has 1 aromatic rings. The Kier molecular flexibility index (Phi) is 5.21. The van der Waals surface area contributed by atoms with Gasteiger partial charge in [0.15, 0.2) is 0 Å². The van der Waals surface area contributed by atoms with Crippen molar-refractivity contribution in [3.63, 3.8) is 0 Å². The summed E-state index contributed by atoms with van der Waals surface area (Å²) in [6.07, 6.45) is 4.93. The lowest BCUT2D eigenvalue weighted by Gasteiger charge is -2.27. The molecular formula is C16H27NO2. The predicted molar refractivity (Wildman–Crippen MR) is 78.8 cm³/mol. The van der Waals surface area contributed by atoms with Gasteiger partial charge in [0, 0.05) is 17.9 Å². The molecule has 0 aliphatic carbocycles. The molecule has 0 amide bonds. The molecular weight excluding hydrogens is 238 g/mol. The summed E-state index contributed by atoms with van der Waals surface area (Å²) in [5, 5.41) is 9.16. The van der Waals surface area contributed by atoms with Gasteiger partial charge in [-0.15, -0.1) is 0 Å². The van der Waals surface area contributed by atoms with Gasteiger partial charge in [-0.1, -0.05) is 40.0 Å². The minimum Gasteiger partial charge on any atom is -0.478 e. The molecule has 1 N–H and O–H groups in total. The van der Waals surface area contributed by atoms with Crippen LogP contribution in [0.25, 0.3) is 0 Å². The molecule has 0 spiro atoms. The van der Waals surface area contributed by atoms with Gasteiger partial charge < -0.3 is 9.67 Å². The number of rotatable bonds is 7. The Morgan fingerprint density at radius 1 is 1.32 bits per heavy atom. The summed E-state index contributed by atoms with van der Waals surface area (Å²) in [5.74, 6) is -0.830. The zero-order valence-corrected chi connectivity index (χ0v) is 12.9. The van der Waals surface area contributed by atoms with E-state index in [4.69, 9.17) is 5.11 Å². The molecule has 0 saturated heterocycles. The van der Waals surface area contributed by atoms with Crippen molar-refractivity contribution in [2.75, 3.05) is 0 Å². The highest BCUT2D eigenvalue weighted by Crippen LogP contribution is 2.28. The average molecular weight is 265 g/mol. The van der Waals surface area contributed by atoms with Crippen LogP contribution in [0.1, 0.15) is 68.2 Å². The fraction of sp³-hybridized carbons (Fsp3) is 0.688. The first-order valence-electron chi connectivity index (χ1n) is 7.18. The number of nitrogens with zero attached hydrogens (tertiary/aromatic N) is 1. The van der Waals surface area contributed by atoms with Crippen molar-refractivity contribution in [2.45, 2.75) is 66.8 Å². The first-order valence-corrected chi connectivity index (χ1v) is 7.18. The van der Waals surface area contributed by atoms with Crippen molar-refractivity contribution in [3.8, 4) is 0 Å². The number of aromatic carboxylic acids is 1. The maximum Gasteiger partial charge on any atom is 0.337 e. The number of hydrogen-bond acceptors (Lipinski definition) is 1. The van der Waals surface area contributed by atoms with Crippen molar-refractivity contribution < 1.29 is 9.90 Å². The number of carboxylic acids is 1. The Balaban J connectivity index is 2.84. The van der Waals surface area contributed by atoms with Crippen LogP contribution >= 0.6 is 0 Å². The van der Waals surface area contributed by atoms with E-state index in [0.29, 0.717) is 5.56 Å². The highest BCUT2D eigenvalue weighted by molar-refractivity contribution is 5.89. The number of aromatic nitrogens is 1. The van der Waals surface area contributed by atoms with Crippen LogP contribution in [0.15, 0.2) is 6.07 Å². The first kappa shape index (κ1) is 15.8. The average Bonchev–Trinajstić information content (AvgIpc) is 2.57. The van der Waals surface area contributed by atoms with Crippen molar-refractivity contribution >= 4 is 5.97 Å².